The summed E-state index contributed by atoms with van der Waals surface area (Å²) in [7, 11) is 0. The first-order valence-corrected chi connectivity index (χ1v) is 8.84. The lowest BCUT2D eigenvalue weighted by molar-refractivity contribution is -0.121. The third kappa shape index (κ3) is 3.06. The Bertz CT molecular complexity index is 1110. The molecule has 126 valence electrons. The zero-order valence-electron chi connectivity index (χ0n) is 13.4. The molecule has 2 N–H and O–H groups in total. The quantitative estimate of drug-likeness (QED) is 0.578. The fraction of sp³-hybridized carbons (Fsp3) is 0.167. The minimum Gasteiger partial charge on any atom is -0.361 e. The van der Waals surface area contributed by atoms with Gasteiger partial charge in [-0.15, -0.1) is 11.3 Å². The second-order valence-electron chi connectivity index (χ2n) is 5.78. The summed E-state index contributed by atoms with van der Waals surface area (Å²) in [6, 6.07) is 9.81. The highest BCUT2D eigenvalue weighted by molar-refractivity contribution is 7.16. The van der Waals surface area contributed by atoms with Crippen LogP contribution >= 0.6 is 11.3 Å². The van der Waals surface area contributed by atoms with E-state index < -0.39 is 0 Å². The van der Waals surface area contributed by atoms with Gasteiger partial charge in [-0.3, -0.25) is 14.2 Å². The summed E-state index contributed by atoms with van der Waals surface area (Å²) in [5, 5.41) is 6.41. The highest BCUT2D eigenvalue weighted by Gasteiger charge is 2.09. The summed E-state index contributed by atoms with van der Waals surface area (Å²) in [6.07, 6.45) is 4.13. The van der Waals surface area contributed by atoms with Gasteiger partial charge >= 0.3 is 0 Å². The van der Waals surface area contributed by atoms with Crippen LogP contribution in [0.15, 0.2) is 53.0 Å². The molecule has 0 unspecified atom stereocenters. The first kappa shape index (κ1) is 15.6. The van der Waals surface area contributed by atoms with Crippen LogP contribution in [0.25, 0.3) is 21.1 Å². The number of nitrogens with zero attached hydrogens (tertiary/aromatic N) is 2. The first-order chi connectivity index (χ1) is 12.2. The van der Waals surface area contributed by atoms with E-state index in [2.05, 4.69) is 21.4 Å². The maximum absolute atomic E-state index is 12.3. The monoisotopic (exact) mass is 352 g/mol. The predicted molar refractivity (Wildman–Crippen MR) is 98.9 cm³/mol. The lowest BCUT2D eigenvalue weighted by atomic mass is 10.1. The Morgan fingerprint density at radius 2 is 2.12 bits per heavy atom. The fourth-order valence-corrected chi connectivity index (χ4v) is 3.61. The Morgan fingerprint density at radius 3 is 3.04 bits per heavy atom. The zero-order valence-corrected chi connectivity index (χ0v) is 14.2. The SMILES string of the molecule is O=C(Cn1cnc2sccc2c1=O)NCCc1c[nH]c2ccccc12. The number of thiophene rings is 1. The maximum atomic E-state index is 12.3. The molecule has 0 atom stereocenters. The van der Waals surface area contributed by atoms with E-state index in [1.807, 2.05) is 29.8 Å². The molecule has 25 heavy (non-hydrogen) atoms. The average Bonchev–Trinajstić information content (AvgIpc) is 3.25. The molecule has 4 rings (SSSR count). The van der Waals surface area contributed by atoms with Gasteiger partial charge in [0.05, 0.1) is 11.7 Å². The van der Waals surface area contributed by atoms with E-state index >= 15 is 0 Å². The van der Waals surface area contributed by atoms with Crippen LogP contribution in [0, 0.1) is 0 Å². The van der Waals surface area contributed by atoms with Crippen molar-refractivity contribution in [2.75, 3.05) is 6.54 Å². The first-order valence-electron chi connectivity index (χ1n) is 7.97. The van der Waals surface area contributed by atoms with Gasteiger partial charge in [0.15, 0.2) is 0 Å². The Labute approximate surface area is 147 Å². The third-order valence-electron chi connectivity index (χ3n) is 4.16. The van der Waals surface area contributed by atoms with Crippen LogP contribution in [0.1, 0.15) is 5.56 Å². The molecule has 0 fully saturated rings. The van der Waals surface area contributed by atoms with Gasteiger partial charge in [0.2, 0.25) is 5.91 Å². The number of hydrogen-bond acceptors (Lipinski definition) is 4. The summed E-state index contributed by atoms with van der Waals surface area (Å²) >= 11 is 1.41. The molecule has 0 aliphatic rings. The number of rotatable bonds is 5. The van der Waals surface area contributed by atoms with Gasteiger partial charge in [0.25, 0.3) is 5.56 Å². The largest absolute Gasteiger partial charge is 0.361 e. The van der Waals surface area contributed by atoms with Crippen LogP contribution in [0.3, 0.4) is 0 Å². The molecule has 0 aliphatic heterocycles. The molecule has 6 nitrogen and oxygen atoms in total. The molecule has 1 amide bonds. The van der Waals surface area contributed by atoms with Gasteiger partial charge in [0, 0.05) is 23.6 Å². The standard InChI is InChI=1S/C18H16N4O2S/c23-16(10-22-11-21-17-14(18(22)24)6-8-25-17)19-7-5-12-9-20-15-4-2-1-3-13(12)15/h1-4,6,8-9,11,20H,5,7,10H2,(H,19,23). The topological polar surface area (TPSA) is 79.8 Å². The minimum atomic E-state index is -0.196. The number of para-hydroxylation sites is 1. The van der Waals surface area contributed by atoms with Crippen LogP contribution in [0.2, 0.25) is 0 Å². The van der Waals surface area contributed by atoms with Crippen LogP contribution in [-0.2, 0) is 17.8 Å². The van der Waals surface area contributed by atoms with Gasteiger partial charge < -0.3 is 10.3 Å². The molecule has 7 heteroatoms. The van der Waals surface area contributed by atoms with Crippen LogP contribution in [-0.4, -0.2) is 27.0 Å². The van der Waals surface area contributed by atoms with Crippen molar-refractivity contribution in [1.82, 2.24) is 19.9 Å². The van der Waals surface area contributed by atoms with E-state index in [4.69, 9.17) is 0 Å². The van der Waals surface area contributed by atoms with Crippen molar-refractivity contribution in [2.45, 2.75) is 13.0 Å². The number of carbonyl (C=O) groups is 1. The molecular formula is C18H16N4O2S. The molecule has 0 radical (unpaired) electrons. The molecule has 4 aromatic rings. The number of aromatic amines is 1. The van der Waals surface area contributed by atoms with Crippen molar-refractivity contribution in [2.24, 2.45) is 0 Å². The number of nitrogens with one attached hydrogen (secondary N) is 2. The van der Waals surface area contributed by atoms with E-state index in [0.717, 1.165) is 17.5 Å². The van der Waals surface area contributed by atoms with Crippen molar-refractivity contribution >= 4 is 38.4 Å². The number of H-pyrrole nitrogens is 1. The molecule has 3 aromatic heterocycles. The van der Waals surface area contributed by atoms with E-state index in [0.29, 0.717) is 16.8 Å². The van der Waals surface area contributed by atoms with E-state index in [9.17, 15) is 9.59 Å². The van der Waals surface area contributed by atoms with Gasteiger partial charge in [-0.05, 0) is 29.5 Å². The molecule has 0 saturated carbocycles. The Balaban J connectivity index is 1.39. The Morgan fingerprint density at radius 1 is 1.24 bits per heavy atom. The highest BCUT2D eigenvalue weighted by atomic mass is 32.1. The molecule has 3 heterocycles. The number of hydrogen-bond donors (Lipinski definition) is 2. The molecule has 1 aromatic carbocycles. The van der Waals surface area contributed by atoms with Crippen molar-refractivity contribution in [3.8, 4) is 0 Å². The minimum absolute atomic E-state index is 0.0223. The summed E-state index contributed by atoms with van der Waals surface area (Å²) in [4.78, 5) is 32.5. The molecule has 0 bridgehead atoms. The number of fused-ring (bicyclic) bond motifs is 2. The van der Waals surface area contributed by atoms with Gasteiger partial charge in [-0.2, -0.15) is 0 Å². The summed E-state index contributed by atoms with van der Waals surface area (Å²) in [5.41, 5.74) is 2.07. The second-order valence-corrected chi connectivity index (χ2v) is 6.67. The molecule has 0 spiro atoms. The average molecular weight is 352 g/mol. The van der Waals surface area contributed by atoms with Crippen LogP contribution < -0.4 is 10.9 Å². The van der Waals surface area contributed by atoms with Crippen LogP contribution in [0.4, 0.5) is 0 Å². The fourth-order valence-electron chi connectivity index (χ4n) is 2.89. The zero-order chi connectivity index (χ0) is 17.2. The van der Waals surface area contributed by atoms with E-state index in [1.165, 1.54) is 27.6 Å². The molecular weight excluding hydrogens is 336 g/mol. The van der Waals surface area contributed by atoms with Crippen LogP contribution in [0.5, 0.6) is 0 Å². The Hall–Kier alpha value is -2.93. The van der Waals surface area contributed by atoms with Crippen molar-refractivity contribution < 1.29 is 4.79 Å². The normalized spacial score (nSPS) is 11.2. The molecule has 0 aliphatic carbocycles. The van der Waals surface area contributed by atoms with Gasteiger partial charge in [-0.1, -0.05) is 18.2 Å². The summed E-state index contributed by atoms with van der Waals surface area (Å²) < 4.78 is 1.34. The predicted octanol–water partition coefficient (Wildman–Crippen LogP) is 2.30. The number of amides is 1. The summed E-state index contributed by atoms with van der Waals surface area (Å²) in [6.45, 7) is 0.495. The summed E-state index contributed by atoms with van der Waals surface area (Å²) in [5.74, 6) is -0.196. The lowest BCUT2D eigenvalue weighted by Crippen LogP contribution is -2.33. The lowest BCUT2D eigenvalue weighted by Gasteiger charge is -2.07. The molecule has 0 saturated heterocycles. The number of aromatic nitrogens is 3. The van der Waals surface area contributed by atoms with E-state index in [1.54, 1.807) is 6.07 Å². The van der Waals surface area contributed by atoms with Crippen molar-refractivity contribution in [1.29, 1.82) is 0 Å². The number of carbonyl (C=O) groups excluding carboxylic acids is 1. The third-order valence-corrected chi connectivity index (χ3v) is 4.98. The maximum Gasteiger partial charge on any atom is 0.262 e. The van der Waals surface area contributed by atoms with Gasteiger partial charge in [-0.25, -0.2) is 4.98 Å². The van der Waals surface area contributed by atoms with Crippen molar-refractivity contribution in [3.05, 3.63) is 64.2 Å². The Kier molecular flexibility index (Phi) is 4.07. The van der Waals surface area contributed by atoms with Crippen molar-refractivity contribution in [3.63, 3.8) is 0 Å². The smallest absolute Gasteiger partial charge is 0.262 e. The highest BCUT2D eigenvalue weighted by Crippen LogP contribution is 2.17. The van der Waals surface area contributed by atoms with Gasteiger partial charge in [0.1, 0.15) is 11.4 Å². The van der Waals surface area contributed by atoms with E-state index in [-0.39, 0.29) is 18.0 Å². The second kappa shape index (κ2) is 6.52. The number of benzene rings is 1.